The molecule has 1 aliphatic heterocycles. The molecule has 0 spiro atoms. The second-order valence-electron chi connectivity index (χ2n) is 16.2. The summed E-state index contributed by atoms with van der Waals surface area (Å²) in [7, 11) is 7.07. The first kappa shape index (κ1) is 48.1. The van der Waals surface area contributed by atoms with Crippen LogP contribution in [-0.2, 0) is 25.7 Å². The van der Waals surface area contributed by atoms with Crippen molar-refractivity contribution in [2.75, 3.05) is 76.2 Å². The molecular weight excluding hydrogens is 803 g/mol. The third-order valence-electron chi connectivity index (χ3n) is 11.7. The van der Waals surface area contributed by atoms with E-state index < -0.39 is 6.04 Å². The molecule has 1 unspecified atom stereocenters. The lowest BCUT2D eigenvalue weighted by Gasteiger charge is -2.37. The van der Waals surface area contributed by atoms with Gasteiger partial charge in [0.15, 0.2) is 5.82 Å². The maximum atomic E-state index is 13.1. The average Bonchev–Trinajstić information content (AvgIpc) is 3.82. The molecule has 0 bridgehead atoms. The van der Waals surface area contributed by atoms with Crippen LogP contribution in [0.15, 0.2) is 42.6 Å². The molecule has 4 amide bonds. The van der Waals surface area contributed by atoms with Crippen molar-refractivity contribution < 1.29 is 33.4 Å². The summed E-state index contributed by atoms with van der Waals surface area (Å²) in [6, 6.07) is 10.7. The van der Waals surface area contributed by atoms with Crippen LogP contribution in [0.1, 0.15) is 103 Å². The number of imide groups is 1. The number of carbonyl (C=O) groups is 5. The summed E-state index contributed by atoms with van der Waals surface area (Å²) in [5.74, 6) is 7.05. The molecule has 2 aliphatic rings. The maximum Gasteiger partial charge on any atom is 0.251 e. The molecule has 2 heterocycles. The number of aromatic nitrogens is 2. The van der Waals surface area contributed by atoms with Gasteiger partial charge in [-0.05, 0) is 89.5 Å². The minimum absolute atomic E-state index is 0.209. The number of rotatable bonds is 23. The van der Waals surface area contributed by atoms with Crippen molar-refractivity contribution in [2.24, 2.45) is 0 Å². The predicted octanol–water partition coefficient (Wildman–Crippen LogP) is 4.93. The van der Waals surface area contributed by atoms with Crippen LogP contribution in [0.3, 0.4) is 0 Å². The van der Waals surface area contributed by atoms with Crippen molar-refractivity contribution in [2.45, 2.75) is 96.3 Å². The number of carbonyl (C=O) groups excluding carboxylic acids is 5. The molecule has 338 valence electrons. The number of aldehydes is 1. The summed E-state index contributed by atoms with van der Waals surface area (Å²) in [5.41, 5.74) is 3.68. The van der Waals surface area contributed by atoms with E-state index in [1.54, 1.807) is 57.7 Å². The lowest BCUT2D eigenvalue weighted by atomic mass is 9.99. The van der Waals surface area contributed by atoms with Crippen LogP contribution in [0.5, 0.6) is 5.75 Å². The van der Waals surface area contributed by atoms with E-state index in [-0.39, 0.29) is 30.2 Å². The Morgan fingerprint density at radius 3 is 2.57 bits per heavy atom. The van der Waals surface area contributed by atoms with Crippen LogP contribution in [0, 0.1) is 11.8 Å². The van der Waals surface area contributed by atoms with Gasteiger partial charge < -0.3 is 34.8 Å². The SMILES string of the molecule is CC[C@H](C)N(c1nc(Nc2ccc(C(=O)NCCCN(C)CCOCCC#Cc3cccc(C=O)c3CN(C)C3CCC(=O)NC3=O)cc2OC)ncc1N(C)C=O)C1CCCC1. The van der Waals surface area contributed by atoms with E-state index in [4.69, 9.17) is 14.5 Å². The lowest BCUT2D eigenvalue weighted by Crippen LogP contribution is -2.51. The van der Waals surface area contributed by atoms with Gasteiger partial charge in [-0.3, -0.25) is 34.2 Å². The highest BCUT2D eigenvalue weighted by atomic mass is 16.5. The summed E-state index contributed by atoms with van der Waals surface area (Å²) in [5, 5.41) is 8.67. The van der Waals surface area contributed by atoms with Crippen LogP contribution in [0.25, 0.3) is 0 Å². The molecule has 2 aromatic carbocycles. The quantitative estimate of drug-likeness (QED) is 0.0507. The van der Waals surface area contributed by atoms with Gasteiger partial charge in [-0.15, -0.1) is 0 Å². The molecule has 63 heavy (non-hydrogen) atoms. The van der Waals surface area contributed by atoms with E-state index in [1.807, 2.05) is 18.0 Å². The number of nitrogens with one attached hydrogen (secondary N) is 3. The Morgan fingerprint density at radius 2 is 1.86 bits per heavy atom. The normalized spacial score (nSPS) is 15.7. The second kappa shape index (κ2) is 24.1. The van der Waals surface area contributed by atoms with Crippen molar-refractivity contribution in [1.29, 1.82) is 0 Å². The standard InChI is InChI=1S/C47H63N9O7/c1-7-33(2)56(37-17-8-9-18-37)44-41(55(5)32-58)29-49-47(52-44)50-39-20-19-35(28-42(39)62-6)45(60)48-23-13-24-53(3)25-27-63-26-11-10-14-34-15-12-16-36(31-57)38(34)30-54(4)40-21-22-43(59)51-46(40)61/h12,15-16,19-20,28-29,31-33,37,40H,7-9,11,13,17-18,21-27,30H2,1-6H3,(H,48,60)(H,49,50,52)(H,51,59,61)/t33-,40?/m0/s1. The summed E-state index contributed by atoms with van der Waals surface area (Å²) in [6.45, 7) is 7.62. The van der Waals surface area contributed by atoms with E-state index in [0.29, 0.717) is 97.3 Å². The average molecular weight is 866 g/mol. The molecule has 3 aromatic rings. The smallest absolute Gasteiger partial charge is 0.251 e. The lowest BCUT2D eigenvalue weighted by molar-refractivity contribution is -0.137. The van der Waals surface area contributed by atoms with Crippen LogP contribution >= 0.6 is 0 Å². The van der Waals surface area contributed by atoms with Crippen LogP contribution in [-0.4, -0.2) is 129 Å². The number of ether oxygens (including phenoxy) is 2. The molecule has 1 saturated carbocycles. The fourth-order valence-electron chi connectivity index (χ4n) is 7.94. The second-order valence-corrected chi connectivity index (χ2v) is 16.2. The molecule has 5 rings (SSSR count). The number of piperidine rings is 1. The van der Waals surface area contributed by atoms with Crippen molar-refractivity contribution in [3.05, 3.63) is 64.8 Å². The molecule has 16 heteroatoms. The molecule has 3 N–H and O–H groups in total. The number of hydrogen-bond donors (Lipinski definition) is 3. The molecule has 1 saturated heterocycles. The highest BCUT2D eigenvalue weighted by Gasteiger charge is 2.32. The number of benzene rings is 2. The van der Waals surface area contributed by atoms with Crippen molar-refractivity contribution in [3.8, 4) is 17.6 Å². The van der Waals surface area contributed by atoms with E-state index in [9.17, 15) is 24.0 Å². The molecule has 0 radical (unpaired) electrons. The molecule has 2 atom stereocenters. The van der Waals surface area contributed by atoms with Gasteiger partial charge in [0.2, 0.25) is 24.2 Å². The number of amides is 4. The fraction of sp³-hybridized carbons (Fsp3) is 0.511. The maximum absolute atomic E-state index is 13.1. The Kier molecular flexibility index (Phi) is 18.4. The number of hydrogen-bond acceptors (Lipinski definition) is 13. The van der Waals surface area contributed by atoms with Gasteiger partial charge in [-0.2, -0.15) is 4.98 Å². The topological polar surface area (TPSA) is 179 Å². The third kappa shape index (κ3) is 13.3. The van der Waals surface area contributed by atoms with E-state index in [1.165, 1.54) is 17.7 Å². The Morgan fingerprint density at radius 1 is 1.06 bits per heavy atom. The molecule has 16 nitrogen and oxygen atoms in total. The van der Waals surface area contributed by atoms with E-state index >= 15 is 0 Å². The monoisotopic (exact) mass is 865 g/mol. The Labute approximate surface area is 371 Å². The van der Waals surface area contributed by atoms with E-state index in [0.717, 1.165) is 50.5 Å². The first-order valence-electron chi connectivity index (χ1n) is 21.9. The van der Waals surface area contributed by atoms with Gasteiger partial charge >= 0.3 is 0 Å². The zero-order chi connectivity index (χ0) is 45.3. The number of anilines is 4. The number of methoxy groups -OCH3 is 1. The summed E-state index contributed by atoms with van der Waals surface area (Å²) >= 11 is 0. The zero-order valence-electron chi connectivity index (χ0n) is 37.6. The molecule has 1 aromatic heterocycles. The van der Waals surface area contributed by atoms with Crippen LogP contribution < -0.4 is 30.5 Å². The summed E-state index contributed by atoms with van der Waals surface area (Å²) in [4.78, 5) is 78.1. The zero-order valence-corrected chi connectivity index (χ0v) is 37.6. The van der Waals surface area contributed by atoms with Gasteiger partial charge in [0, 0.05) is 68.3 Å². The molecule has 1 aliphatic carbocycles. The Balaban J connectivity index is 1.05. The Hall–Kier alpha value is -5.89. The van der Waals surface area contributed by atoms with Gasteiger partial charge in [0.1, 0.15) is 17.7 Å². The minimum Gasteiger partial charge on any atom is -0.495 e. The minimum atomic E-state index is -0.459. The highest BCUT2D eigenvalue weighted by molar-refractivity contribution is 6.00. The highest BCUT2D eigenvalue weighted by Crippen LogP contribution is 2.36. The number of likely N-dealkylation sites (N-methyl/N-ethyl adjacent to an activating group) is 2. The van der Waals surface area contributed by atoms with Gasteiger partial charge in [0.25, 0.3) is 5.91 Å². The van der Waals surface area contributed by atoms with Crippen molar-refractivity contribution >= 4 is 53.6 Å². The largest absolute Gasteiger partial charge is 0.495 e. The van der Waals surface area contributed by atoms with E-state index in [2.05, 4.69) is 56.4 Å². The van der Waals surface area contributed by atoms with Crippen LogP contribution in [0.2, 0.25) is 0 Å². The predicted molar refractivity (Wildman–Crippen MR) is 243 cm³/mol. The van der Waals surface area contributed by atoms with Crippen molar-refractivity contribution in [3.63, 3.8) is 0 Å². The van der Waals surface area contributed by atoms with Crippen LogP contribution in [0.4, 0.5) is 23.1 Å². The first-order chi connectivity index (χ1) is 30.5. The van der Waals surface area contributed by atoms with Gasteiger partial charge in [-0.25, -0.2) is 4.98 Å². The molecule has 2 fully saturated rings. The van der Waals surface area contributed by atoms with Gasteiger partial charge in [0.05, 0.1) is 38.2 Å². The first-order valence-corrected chi connectivity index (χ1v) is 21.9. The third-order valence-corrected chi connectivity index (χ3v) is 11.7. The summed E-state index contributed by atoms with van der Waals surface area (Å²) in [6.07, 6.45) is 10.6. The summed E-state index contributed by atoms with van der Waals surface area (Å²) < 4.78 is 11.5. The fourth-order valence-corrected chi connectivity index (χ4v) is 7.94. The molecular formula is C47H63N9O7. The van der Waals surface area contributed by atoms with Gasteiger partial charge in [-0.1, -0.05) is 43.7 Å². The number of nitrogens with zero attached hydrogens (tertiary/aromatic N) is 6. The van der Waals surface area contributed by atoms with Crippen molar-refractivity contribution in [1.82, 2.24) is 30.4 Å². The Bertz CT molecular complexity index is 2120.